The number of likely N-dealkylation sites (N-methyl/N-ethyl adjacent to an activating group) is 1. The largest absolute Gasteiger partial charge is 0.304 e. The van der Waals surface area contributed by atoms with Crippen LogP contribution in [0.4, 0.5) is 0 Å². The van der Waals surface area contributed by atoms with Crippen LogP contribution in [0.5, 0.6) is 0 Å². The van der Waals surface area contributed by atoms with E-state index in [0.717, 1.165) is 31.1 Å². The minimum absolute atomic E-state index is 0.0841. The Morgan fingerprint density at radius 1 is 1.21 bits per heavy atom. The molecule has 0 unspecified atom stereocenters. The highest BCUT2D eigenvalue weighted by molar-refractivity contribution is 7.91. The van der Waals surface area contributed by atoms with Crippen molar-refractivity contribution in [1.82, 2.24) is 14.5 Å². The molecule has 24 heavy (non-hydrogen) atoms. The highest BCUT2D eigenvalue weighted by Crippen LogP contribution is 2.25. The third kappa shape index (κ3) is 4.25. The Morgan fingerprint density at radius 2 is 1.96 bits per heavy atom. The Kier molecular flexibility index (Phi) is 5.74. The second-order valence-electron chi connectivity index (χ2n) is 6.13. The predicted octanol–water partition coefficient (Wildman–Crippen LogP) is 2.39. The number of sulfonamides is 1. The first kappa shape index (κ1) is 18.0. The zero-order chi connectivity index (χ0) is 17.2. The molecule has 0 amide bonds. The van der Waals surface area contributed by atoms with Gasteiger partial charge in [-0.3, -0.25) is 4.90 Å². The number of hydrogen-bond acceptors (Lipinski definition) is 6. The van der Waals surface area contributed by atoms with E-state index in [-0.39, 0.29) is 6.04 Å². The molecular formula is C16H23N3O2S3. The lowest BCUT2D eigenvalue weighted by molar-refractivity contribution is 0.113. The highest BCUT2D eigenvalue weighted by atomic mass is 32.2. The molecule has 2 aromatic heterocycles. The smallest absolute Gasteiger partial charge is 0.250 e. The van der Waals surface area contributed by atoms with Gasteiger partial charge in [0.1, 0.15) is 4.21 Å². The monoisotopic (exact) mass is 385 g/mol. The van der Waals surface area contributed by atoms with Gasteiger partial charge in [0.2, 0.25) is 10.0 Å². The van der Waals surface area contributed by atoms with Crippen LogP contribution in [0.25, 0.3) is 0 Å². The van der Waals surface area contributed by atoms with Crippen LogP contribution in [0, 0.1) is 6.92 Å². The maximum absolute atomic E-state index is 12.5. The van der Waals surface area contributed by atoms with Gasteiger partial charge in [0, 0.05) is 43.6 Å². The molecule has 5 nitrogen and oxygen atoms in total. The standard InChI is InChI=1S/C16H23N3O2S3/c1-13-3-4-16(23-13)24(20,21)17-11-15(14-5-10-22-12-14)19-8-6-18(2)7-9-19/h3-5,10,12,15,17H,6-9,11H2,1-2H3/t15-/m0/s1. The van der Waals surface area contributed by atoms with Gasteiger partial charge in [0.05, 0.1) is 0 Å². The van der Waals surface area contributed by atoms with Crippen LogP contribution in [0.15, 0.2) is 33.2 Å². The van der Waals surface area contributed by atoms with Crippen molar-refractivity contribution < 1.29 is 8.42 Å². The molecule has 8 heteroatoms. The number of nitrogens with one attached hydrogen (secondary N) is 1. The lowest BCUT2D eigenvalue weighted by Gasteiger charge is -2.37. The van der Waals surface area contributed by atoms with Crippen molar-refractivity contribution in [3.8, 4) is 0 Å². The van der Waals surface area contributed by atoms with Crippen LogP contribution in [-0.4, -0.2) is 58.0 Å². The van der Waals surface area contributed by atoms with Crippen LogP contribution < -0.4 is 4.72 Å². The summed E-state index contributed by atoms with van der Waals surface area (Å²) in [6.45, 7) is 6.25. The summed E-state index contributed by atoms with van der Waals surface area (Å²) >= 11 is 2.96. The van der Waals surface area contributed by atoms with Gasteiger partial charge in [-0.1, -0.05) is 0 Å². The molecule has 0 spiro atoms. The summed E-state index contributed by atoms with van der Waals surface area (Å²) in [4.78, 5) is 5.69. The average Bonchev–Trinajstić information content (AvgIpc) is 3.21. The van der Waals surface area contributed by atoms with Gasteiger partial charge in [-0.2, -0.15) is 11.3 Å². The molecule has 0 aromatic carbocycles. The Labute approximate surface area is 152 Å². The Hall–Kier alpha value is -0.770. The first-order chi connectivity index (χ1) is 11.5. The predicted molar refractivity (Wildman–Crippen MR) is 100 cm³/mol. The first-order valence-corrected chi connectivity index (χ1v) is 11.2. The van der Waals surface area contributed by atoms with E-state index in [4.69, 9.17) is 0 Å². The Bertz CT molecular complexity index is 747. The van der Waals surface area contributed by atoms with Crippen molar-refractivity contribution in [1.29, 1.82) is 0 Å². The van der Waals surface area contributed by atoms with E-state index in [2.05, 4.69) is 38.4 Å². The molecule has 3 rings (SSSR count). The first-order valence-electron chi connectivity index (χ1n) is 7.96. The van der Waals surface area contributed by atoms with E-state index in [1.54, 1.807) is 17.4 Å². The van der Waals surface area contributed by atoms with Gasteiger partial charge in [-0.05, 0) is 48.5 Å². The van der Waals surface area contributed by atoms with E-state index >= 15 is 0 Å². The zero-order valence-electron chi connectivity index (χ0n) is 13.9. The lowest BCUT2D eigenvalue weighted by atomic mass is 10.1. The topological polar surface area (TPSA) is 52.7 Å². The summed E-state index contributed by atoms with van der Waals surface area (Å²) < 4.78 is 28.3. The number of hydrogen-bond donors (Lipinski definition) is 1. The Morgan fingerprint density at radius 3 is 2.54 bits per heavy atom. The number of thiophene rings is 2. The van der Waals surface area contributed by atoms with Crippen LogP contribution in [-0.2, 0) is 10.0 Å². The van der Waals surface area contributed by atoms with Crippen LogP contribution in [0.3, 0.4) is 0 Å². The molecule has 1 aliphatic rings. The van der Waals surface area contributed by atoms with Gasteiger partial charge in [0.15, 0.2) is 0 Å². The molecule has 132 valence electrons. The SMILES string of the molecule is Cc1ccc(S(=O)(=O)NC[C@@H](c2ccsc2)N2CCN(C)CC2)s1. The van der Waals surface area contributed by atoms with Crippen molar-refractivity contribution in [2.75, 3.05) is 39.8 Å². The van der Waals surface area contributed by atoms with Gasteiger partial charge < -0.3 is 4.90 Å². The number of aryl methyl sites for hydroxylation is 1. The van der Waals surface area contributed by atoms with E-state index in [0.29, 0.717) is 10.8 Å². The summed E-state index contributed by atoms with van der Waals surface area (Å²) in [7, 11) is -1.32. The Balaban J connectivity index is 1.73. The molecule has 3 heterocycles. The normalized spacial score (nSPS) is 18.8. The number of piperazine rings is 1. The van der Waals surface area contributed by atoms with Crippen molar-refractivity contribution in [2.24, 2.45) is 0 Å². The quantitative estimate of drug-likeness (QED) is 0.830. The van der Waals surface area contributed by atoms with Crippen molar-refractivity contribution in [3.63, 3.8) is 0 Å². The summed E-state index contributed by atoms with van der Waals surface area (Å²) in [6.07, 6.45) is 0. The minimum Gasteiger partial charge on any atom is -0.304 e. The van der Waals surface area contributed by atoms with Crippen molar-refractivity contribution in [3.05, 3.63) is 39.4 Å². The molecule has 1 atom stereocenters. The van der Waals surface area contributed by atoms with E-state index < -0.39 is 10.0 Å². The summed E-state index contributed by atoms with van der Waals surface area (Å²) in [5, 5.41) is 4.17. The lowest BCUT2D eigenvalue weighted by Crippen LogP contribution is -2.48. The van der Waals surface area contributed by atoms with E-state index in [9.17, 15) is 8.42 Å². The number of nitrogens with zero attached hydrogens (tertiary/aromatic N) is 2. The molecule has 0 saturated carbocycles. The molecule has 0 bridgehead atoms. The molecule has 0 radical (unpaired) electrons. The molecule has 1 fully saturated rings. The minimum atomic E-state index is -3.44. The maximum atomic E-state index is 12.5. The highest BCUT2D eigenvalue weighted by Gasteiger charge is 2.26. The van der Waals surface area contributed by atoms with Crippen LogP contribution >= 0.6 is 22.7 Å². The molecule has 1 aliphatic heterocycles. The second-order valence-corrected chi connectivity index (χ2v) is 10.2. The van der Waals surface area contributed by atoms with Crippen molar-refractivity contribution in [2.45, 2.75) is 17.2 Å². The summed E-state index contributed by atoms with van der Waals surface area (Å²) in [6, 6.07) is 5.70. The van der Waals surface area contributed by atoms with Crippen LogP contribution in [0.1, 0.15) is 16.5 Å². The van der Waals surface area contributed by atoms with E-state index in [1.165, 1.54) is 16.9 Å². The molecular weight excluding hydrogens is 362 g/mol. The van der Waals surface area contributed by atoms with E-state index in [1.807, 2.05) is 13.0 Å². The summed E-state index contributed by atoms with van der Waals surface area (Å²) in [5.74, 6) is 0. The van der Waals surface area contributed by atoms with Crippen LogP contribution in [0.2, 0.25) is 0 Å². The molecule has 1 saturated heterocycles. The fraction of sp³-hybridized carbons (Fsp3) is 0.500. The van der Waals surface area contributed by atoms with Gasteiger partial charge in [-0.25, -0.2) is 13.1 Å². The number of rotatable bonds is 6. The fourth-order valence-electron chi connectivity index (χ4n) is 2.87. The second kappa shape index (κ2) is 7.63. The average molecular weight is 386 g/mol. The maximum Gasteiger partial charge on any atom is 0.250 e. The van der Waals surface area contributed by atoms with Gasteiger partial charge in [-0.15, -0.1) is 11.3 Å². The molecule has 1 N–H and O–H groups in total. The summed E-state index contributed by atoms with van der Waals surface area (Å²) in [5.41, 5.74) is 1.19. The molecule has 2 aromatic rings. The molecule has 0 aliphatic carbocycles. The van der Waals surface area contributed by atoms with Crippen molar-refractivity contribution >= 4 is 32.7 Å². The van der Waals surface area contributed by atoms with Gasteiger partial charge >= 0.3 is 0 Å². The fourth-order valence-corrected chi connectivity index (χ4v) is 5.95. The third-order valence-electron chi connectivity index (χ3n) is 4.35. The third-order valence-corrected chi connectivity index (χ3v) is 7.97. The van der Waals surface area contributed by atoms with Gasteiger partial charge in [0.25, 0.3) is 0 Å². The zero-order valence-corrected chi connectivity index (χ0v) is 16.4.